The van der Waals surface area contributed by atoms with Gasteiger partial charge in [-0.2, -0.15) is 0 Å². The van der Waals surface area contributed by atoms with E-state index in [9.17, 15) is 0 Å². The largest absolute Gasteiger partial charge is 0.0683 e. The molecule has 0 radical (unpaired) electrons. The third-order valence-corrected chi connectivity index (χ3v) is 2.14. The fraction of sp³-hybridized carbons (Fsp3) is 1.00. The van der Waals surface area contributed by atoms with Gasteiger partial charge in [-0.15, -0.1) is 0 Å². The molecule has 0 saturated heterocycles. The van der Waals surface area contributed by atoms with E-state index in [0.29, 0.717) is 0 Å². The normalized spacial score (nSPS) is 13.9. The molecule has 0 amide bonds. The minimum atomic E-state index is 1.05. The summed E-state index contributed by atoms with van der Waals surface area (Å²) >= 11 is 0. The summed E-state index contributed by atoms with van der Waals surface area (Å²) in [7, 11) is 0. The Bertz CT molecular complexity index is 49.1. The highest BCUT2D eigenvalue weighted by atomic mass is 14.1. The van der Waals surface area contributed by atoms with Crippen LogP contribution in [0.25, 0.3) is 0 Å². The van der Waals surface area contributed by atoms with Crippen LogP contribution >= 0.6 is 0 Å². The van der Waals surface area contributed by atoms with Crippen molar-refractivity contribution < 1.29 is 0 Å². The Labute approximate surface area is 93.5 Å². The van der Waals surface area contributed by atoms with Crippen molar-refractivity contribution in [1.29, 1.82) is 0 Å². The van der Waals surface area contributed by atoms with E-state index in [-0.39, 0.29) is 0 Å². The maximum Gasteiger partial charge on any atom is -0.0443 e. The number of rotatable bonds is 1. The maximum absolute atomic E-state index is 2.34. The van der Waals surface area contributed by atoms with E-state index in [1.54, 1.807) is 0 Å². The van der Waals surface area contributed by atoms with Gasteiger partial charge in [-0.25, -0.2) is 0 Å². The second-order valence-electron chi connectivity index (χ2n) is 3.39. The van der Waals surface area contributed by atoms with E-state index in [2.05, 4.69) is 20.8 Å². The maximum atomic E-state index is 2.34. The molecule has 1 rings (SSSR count). The molecule has 0 N–H and O–H groups in total. The fourth-order valence-corrected chi connectivity index (χ4v) is 1.13. The Kier molecular flexibility index (Phi) is 32.3. The Balaban J connectivity index is -0.000000134. The van der Waals surface area contributed by atoms with E-state index < -0.39 is 0 Å². The van der Waals surface area contributed by atoms with Crippen LogP contribution in [-0.2, 0) is 0 Å². The molecule has 1 fully saturated rings. The summed E-state index contributed by atoms with van der Waals surface area (Å²) < 4.78 is 0. The topological polar surface area (TPSA) is 0 Å². The predicted octanol–water partition coefficient (Wildman–Crippen LogP) is 6.06. The lowest BCUT2D eigenvalue weighted by molar-refractivity contribution is 0.612. The summed E-state index contributed by atoms with van der Waals surface area (Å²) in [6.45, 7) is 14.7. The van der Waals surface area contributed by atoms with Crippen molar-refractivity contribution in [1.82, 2.24) is 0 Å². The molecule has 0 atom stereocenters. The van der Waals surface area contributed by atoms with Crippen molar-refractivity contribution in [3.63, 3.8) is 0 Å². The van der Waals surface area contributed by atoms with Gasteiger partial charge < -0.3 is 0 Å². The van der Waals surface area contributed by atoms with Crippen molar-refractivity contribution in [3.05, 3.63) is 0 Å². The smallest absolute Gasteiger partial charge is 0.0443 e. The van der Waals surface area contributed by atoms with Crippen LogP contribution in [0.4, 0.5) is 0 Å². The second kappa shape index (κ2) is 23.1. The van der Waals surface area contributed by atoms with Gasteiger partial charge in [0.2, 0.25) is 0 Å². The summed E-state index contributed by atoms with van der Waals surface area (Å²) in [6, 6.07) is 0. The lowest BCUT2D eigenvalue weighted by Gasteiger charge is -1.91. The van der Waals surface area contributed by atoms with Gasteiger partial charge in [0, 0.05) is 0 Å². The van der Waals surface area contributed by atoms with E-state index in [0.717, 1.165) is 5.92 Å². The van der Waals surface area contributed by atoms with Crippen LogP contribution in [-0.4, -0.2) is 0 Å². The second-order valence-corrected chi connectivity index (χ2v) is 3.39. The van der Waals surface area contributed by atoms with E-state index in [1.807, 2.05) is 27.7 Å². The standard InChI is InChI=1S/C6H12.C4H10.2C2H6/c1-6-4-2-3-5-6;1-3-4-2;2*1-2/h6H,2-5H2,1H3;3-4H2,1-2H3;2*1-2H3. The molecule has 90 valence electrons. The van der Waals surface area contributed by atoms with Crippen LogP contribution in [0, 0.1) is 5.92 Å². The average Bonchev–Trinajstić information content (AvgIpc) is 2.75. The van der Waals surface area contributed by atoms with Crippen LogP contribution in [0.2, 0.25) is 0 Å². The molecule has 0 aliphatic heterocycles. The first-order valence-corrected chi connectivity index (χ1v) is 6.81. The van der Waals surface area contributed by atoms with Crippen molar-refractivity contribution in [2.24, 2.45) is 5.92 Å². The third kappa shape index (κ3) is 22.7. The van der Waals surface area contributed by atoms with Crippen LogP contribution in [0.1, 0.15) is 87.0 Å². The zero-order valence-electron chi connectivity index (χ0n) is 11.8. The molecule has 0 spiro atoms. The zero-order chi connectivity index (χ0) is 11.8. The predicted molar refractivity (Wildman–Crippen MR) is 70.9 cm³/mol. The van der Waals surface area contributed by atoms with Crippen molar-refractivity contribution in [2.75, 3.05) is 0 Å². The van der Waals surface area contributed by atoms with Crippen molar-refractivity contribution in [3.8, 4) is 0 Å². The number of hydrogen-bond acceptors (Lipinski definition) is 0. The van der Waals surface area contributed by atoms with Crippen LogP contribution in [0.15, 0.2) is 0 Å². The molecule has 0 heteroatoms. The van der Waals surface area contributed by atoms with Gasteiger partial charge in [0.05, 0.1) is 0 Å². The molecular formula is C14H34. The Morgan fingerprint density at radius 3 is 1.14 bits per heavy atom. The molecule has 0 heterocycles. The SMILES string of the molecule is CC.CC.CC1CCCC1.CCCC. The minimum Gasteiger partial charge on any atom is -0.0683 e. The lowest BCUT2D eigenvalue weighted by atomic mass is 10.2. The molecule has 0 nitrogen and oxygen atoms in total. The fourth-order valence-electron chi connectivity index (χ4n) is 1.13. The monoisotopic (exact) mass is 202 g/mol. The molecule has 1 aliphatic rings. The molecule has 0 aromatic rings. The van der Waals surface area contributed by atoms with Gasteiger partial charge in [0.25, 0.3) is 0 Å². The first-order chi connectivity index (χ1) is 6.81. The minimum absolute atomic E-state index is 1.05. The van der Waals surface area contributed by atoms with Gasteiger partial charge in [-0.1, -0.05) is 87.0 Å². The van der Waals surface area contributed by atoms with Crippen molar-refractivity contribution in [2.45, 2.75) is 87.0 Å². The first kappa shape index (κ1) is 19.6. The Hall–Kier alpha value is 0. The zero-order valence-corrected chi connectivity index (χ0v) is 11.8. The summed E-state index contributed by atoms with van der Waals surface area (Å²) in [4.78, 5) is 0. The summed E-state index contributed by atoms with van der Waals surface area (Å²) in [5, 5.41) is 0. The molecule has 1 saturated carbocycles. The van der Waals surface area contributed by atoms with Crippen molar-refractivity contribution >= 4 is 0 Å². The van der Waals surface area contributed by atoms with E-state index in [4.69, 9.17) is 0 Å². The first-order valence-electron chi connectivity index (χ1n) is 6.81. The summed E-state index contributed by atoms with van der Waals surface area (Å²) in [5.41, 5.74) is 0. The van der Waals surface area contributed by atoms with Gasteiger partial charge in [0.15, 0.2) is 0 Å². The number of unbranched alkanes of at least 4 members (excludes halogenated alkanes) is 1. The van der Waals surface area contributed by atoms with Gasteiger partial charge in [-0.05, 0) is 5.92 Å². The molecular weight excluding hydrogens is 168 g/mol. The average molecular weight is 202 g/mol. The highest BCUT2D eigenvalue weighted by molar-refractivity contribution is 4.60. The molecule has 0 aromatic heterocycles. The van der Waals surface area contributed by atoms with Crippen LogP contribution in [0.5, 0.6) is 0 Å². The highest BCUT2D eigenvalue weighted by Gasteiger charge is 2.07. The van der Waals surface area contributed by atoms with Gasteiger partial charge in [0.1, 0.15) is 0 Å². The molecule has 14 heavy (non-hydrogen) atoms. The Morgan fingerprint density at radius 2 is 1.07 bits per heavy atom. The van der Waals surface area contributed by atoms with Crippen LogP contribution < -0.4 is 0 Å². The van der Waals surface area contributed by atoms with Gasteiger partial charge >= 0.3 is 0 Å². The lowest BCUT2D eigenvalue weighted by Crippen LogP contribution is -1.78. The number of hydrogen-bond donors (Lipinski definition) is 0. The molecule has 0 aromatic carbocycles. The van der Waals surface area contributed by atoms with Gasteiger partial charge in [-0.3, -0.25) is 0 Å². The summed E-state index contributed by atoms with van der Waals surface area (Å²) in [5.74, 6) is 1.05. The summed E-state index contributed by atoms with van der Waals surface area (Å²) in [6.07, 6.45) is 8.59. The highest BCUT2D eigenvalue weighted by Crippen LogP contribution is 2.22. The third-order valence-electron chi connectivity index (χ3n) is 2.14. The molecule has 0 bridgehead atoms. The molecule has 1 aliphatic carbocycles. The Morgan fingerprint density at radius 1 is 0.786 bits per heavy atom. The van der Waals surface area contributed by atoms with E-state index in [1.165, 1.54) is 38.5 Å². The quantitative estimate of drug-likeness (QED) is 0.485. The van der Waals surface area contributed by atoms with Crippen LogP contribution in [0.3, 0.4) is 0 Å². The molecule has 0 unspecified atom stereocenters. The van der Waals surface area contributed by atoms with E-state index >= 15 is 0 Å².